The molecule has 0 radical (unpaired) electrons. The SMILES string of the molecule is COC(=O)C(C)Sc1nc2c(c(=O)[nH]c(=O)n2C)n1CCCOc1ccccc1. The summed E-state index contributed by atoms with van der Waals surface area (Å²) in [4.78, 5) is 42.9. The summed E-state index contributed by atoms with van der Waals surface area (Å²) < 4.78 is 13.5. The van der Waals surface area contributed by atoms with E-state index < -0.39 is 22.5 Å². The number of nitrogens with one attached hydrogen (secondary N) is 1. The van der Waals surface area contributed by atoms with Gasteiger partial charge in [-0.1, -0.05) is 30.0 Å². The zero-order valence-electron chi connectivity index (χ0n) is 16.4. The molecular formula is C19H22N4O5S. The molecule has 3 rings (SSSR count). The minimum atomic E-state index is -0.544. The van der Waals surface area contributed by atoms with Gasteiger partial charge >= 0.3 is 11.7 Å². The van der Waals surface area contributed by atoms with E-state index in [1.165, 1.54) is 30.5 Å². The minimum Gasteiger partial charge on any atom is -0.494 e. The van der Waals surface area contributed by atoms with Crippen molar-refractivity contribution < 1.29 is 14.3 Å². The second kappa shape index (κ2) is 8.99. The van der Waals surface area contributed by atoms with Gasteiger partial charge in [-0.2, -0.15) is 0 Å². The number of para-hydroxylation sites is 1. The Morgan fingerprint density at radius 2 is 2.00 bits per heavy atom. The molecule has 0 fully saturated rings. The van der Waals surface area contributed by atoms with E-state index >= 15 is 0 Å². The summed E-state index contributed by atoms with van der Waals surface area (Å²) in [5, 5.41) is -0.0587. The maximum Gasteiger partial charge on any atom is 0.329 e. The van der Waals surface area contributed by atoms with Crippen LogP contribution in [-0.4, -0.2) is 44.0 Å². The van der Waals surface area contributed by atoms with Crippen LogP contribution in [-0.2, 0) is 23.1 Å². The van der Waals surface area contributed by atoms with Gasteiger partial charge in [-0.3, -0.25) is 19.1 Å². The molecule has 0 saturated heterocycles. The second-order valence-corrected chi connectivity index (χ2v) is 7.64. The topological polar surface area (TPSA) is 108 Å². The standard InChI is InChI=1S/C19H22N4O5S/c1-12(17(25)27-3)29-19-20-15-14(16(24)21-18(26)22(15)2)23(19)10-7-11-28-13-8-5-4-6-9-13/h4-6,8-9,12H,7,10-11H2,1-3H3,(H,21,24,26). The van der Waals surface area contributed by atoms with E-state index in [4.69, 9.17) is 9.47 Å². The first-order valence-corrected chi connectivity index (χ1v) is 9.92. The van der Waals surface area contributed by atoms with Crippen LogP contribution in [0.5, 0.6) is 5.75 Å². The van der Waals surface area contributed by atoms with Crippen LogP contribution in [0.3, 0.4) is 0 Å². The number of aromatic nitrogens is 4. The van der Waals surface area contributed by atoms with E-state index in [0.717, 1.165) is 5.75 Å². The predicted molar refractivity (Wildman–Crippen MR) is 109 cm³/mol. The van der Waals surface area contributed by atoms with Gasteiger partial charge in [0.2, 0.25) is 0 Å². The van der Waals surface area contributed by atoms with E-state index in [1.54, 1.807) is 11.5 Å². The molecule has 0 amide bonds. The average Bonchev–Trinajstić information content (AvgIpc) is 3.08. The Labute approximate surface area is 170 Å². The molecular weight excluding hydrogens is 396 g/mol. The van der Waals surface area contributed by atoms with Crippen molar-refractivity contribution in [3.05, 3.63) is 51.2 Å². The molecule has 3 aromatic rings. The van der Waals surface area contributed by atoms with Crippen LogP contribution >= 0.6 is 11.8 Å². The molecule has 1 N–H and O–H groups in total. The number of aryl methyl sites for hydroxylation is 2. The number of imidazole rings is 1. The summed E-state index contributed by atoms with van der Waals surface area (Å²) in [5.41, 5.74) is -0.511. The molecule has 0 aliphatic carbocycles. The number of nitrogens with zero attached hydrogens (tertiary/aromatic N) is 3. The molecule has 0 saturated carbocycles. The Bertz CT molecular complexity index is 1120. The third-order valence-electron chi connectivity index (χ3n) is 4.33. The fourth-order valence-electron chi connectivity index (χ4n) is 2.81. The van der Waals surface area contributed by atoms with E-state index in [1.807, 2.05) is 30.3 Å². The van der Waals surface area contributed by atoms with Gasteiger partial charge in [0.25, 0.3) is 5.56 Å². The minimum absolute atomic E-state index is 0.266. The van der Waals surface area contributed by atoms with Crippen LogP contribution in [0.15, 0.2) is 45.1 Å². The van der Waals surface area contributed by atoms with Crippen LogP contribution < -0.4 is 16.0 Å². The van der Waals surface area contributed by atoms with Crippen molar-refractivity contribution in [3.63, 3.8) is 0 Å². The Kier molecular flexibility index (Phi) is 6.42. The molecule has 29 heavy (non-hydrogen) atoms. The van der Waals surface area contributed by atoms with Crippen molar-refractivity contribution in [2.24, 2.45) is 7.05 Å². The summed E-state index contributed by atoms with van der Waals surface area (Å²) in [6.07, 6.45) is 0.600. The van der Waals surface area contributed by atoms with E-state index in [2.05, 4.69) is 9.97 Å². The molecule has 2 heterocycles. The molecule has 1 atom stereocenters. The zero-order chi connectivity index (χ0) is 21.0. The van der Waals surface area contributed by atoms with Crippen LogP contribution in [0.2, 0.25) is 0 Å². The van der Waals surface area contributed by atoms with Crippen LogP contribution in [0.4, 0.5) is 0 Å². The van der Waals surface area contributed by atoms with Gasteiger partial charge in [0.15, 0.2) is 16.3 Å². The van der Waals surface area contributed by atoms with E-state index in [0.29, 0.717) is 24.7 Å². The van der Waals surface area contributed by atoms with Crippen molar-refractivity contribution in [2.75, 3.05) is 13.7 Å². The Morgan fingerprint density at radius 1 is 1.28 bits per heavy atom. The Morgan fingerprint density at radius 3 is 2.69 bits per heavy atom. The van der Waals surface area contributed by atoms with Crippen LogP contribution in [0.25, 0.3) is 11.2 Å². The lowest BCUT2D eigenvalue weighted by Crippen LogP contribution is -2.29. The molecule has 9 nitrogen and oxygen atoms in total. The lowest BCUT2D eigenvalue weighted by Gasteiger charge is -2.12. The first kappa shape index (κ1) is 20.7. The highest BCUT2D eigenvalue weighted by molar-refractivity contribution is 8.00. The smallest absolute Gasteiger partial charge is 0.329 e. The van der Waals surface area contributed by atoms with Crippen molar-refractivity contribution in [2.45, 2.75) is 30.3 Å². The van der Waals surface area contributed by atoms with E-state index in [-0.39, 0.29) is 11.2 Å². The Hall–Kier alpha value is -3.01. The lowest BCUT2D eigenvalue weighted by molar-refractivity contribution is -0.139. The van der Waals surface area contributed by atoms with Gasteiger partial charge < -0.3 is 14.0 Å². The maximum atomic E-state index is 12.5. The van der Waals surface area contributed by atoms with Crippen molar-refractivity contribution >= 4 is 28.9 Å². The molecule has 0 spiro atoms. The molecule has 1 unspecified atom stereocenters. The van der Waals surface area contributed by atoms with Gasteiger partial charge in [0.05, 0.1) is 13.7 Å². The van der Waals surface area contributed by atoms with Gasteiger partial charge in [-0.25, -0.2) is 9.78 Å². The highest BCUT2D eigenvalue weighted by Crippen LogP contribution is 2.26. The fourth-order valence-corrected chi connectivity index (χ4v) is 3.77. The lowest BCUT2D eigenvalue weighted by atomic mass is 10.3. The number of ether oxygens (including phenoxy) is 2. The Balaban J connectivity index is 1.88. The molecule has 2 aromatic heterocycles. The van der Waals surface area contributed by atoms with Crippen molar-refractivity contribution in [1.29, 1.82) is 0 Å². The molecule has 0 aliphatic heterocycles. The van der Waals surface area contributed by atoms with Gasteiger partial charge in [-0.15, -0.1) is 0 Å². The summed E-state index contributed by atoms with van der Waals surface area (Å²) in [5.74, 6) is 0.362. The summed E-state index contributed by atoms with van der Waals surface area (Å²) >= 11 is 1.17. The van der Waals surface area contributed by atoms with Crippen LogP contribution in [0, 0.1) is 0 Å². The number of aromatic amines is 1. The fraction of sp³-hybridized carbons (Fsp3) is 0.368. The average molecular weight is 418 g/mol. The van der Waals surface area contributed by atoms with Gasteiger partial charge in [0, 0.05) is 13.6 Å². The number of hydrogen-bond acceptors (Lipinski definition) is 7. The normalized spacial score (nSPS) is 12.1. The quantitative estimate of drug-likeness (QED) is 0.336. The number of carbonyl (C=O) groups excluding carboxylic acids is 1. The number of H-pyrrole nitrogens is 1. The zero-order valence-corrected chi connectivity index (χ0v) is 17.2. The molecule has 10 heteroatoms. The summed E-state index contributed by atoms with van der Waals surface area (Å²) in [6.45, 7) is 2.56. The number of thioether (sulfide) groups is 1. The van der Waals surface area contributed by atoms with Crippen LogP contribution in [0.1, 0.15) is 13.3 Å². The number of methoxy groups -OCH3 is 1. The van der Waals surface area contributed by atoms with E-state index in [9.17, 15) is 14.4 Å². The molecule has 0 aliphatic rings. The van der Waals surface area contributed by atoms with Gasteiger partial charge in [-0.05, 0) is 25.5 Å². The highest BCUT2D eigenvalue weighted by Gasteiger charge is 2.22. The summed E-state index contributed by atoms with van der Waals surface area (Å²) in [6, 6.07) is 9.43. The number of carbonyl (C=O) groups is 1. The number of hydrogen-bond donors (Lipinski definition) is 1. The number of esters is 1. The summed E-state index contributed by atoms with van der Waals surface area (Å²) in [7, 11) is 2.85. The van der Waals surface area contributed by atoms with Crippen molar-refractivity contribution in [1.82, 2.24) is 19.1 Å². The second-order valence-electron chi connectivity index (χ2n) is 6.33. The molecule has 154 valence electrons. The van der Waals surface area contributed by atoms with Crippen molar-refractivity contribution in [3.8, 4) is 5.75 Å². The largest absolute Gasteiger partial charge is 0.494 e. The maximum absolute atomic E-state index is 12.5. The first-order valence-electron chi connectivity index (χ1n) is 9.04. The monoisotopic (exact) mass is 418 g/mol. The molecule has 0 bridgehead atoms. The predicted octanol–water partition coefficient (Wildman–Crippen LogP) is 1.55. The van der Waals surface area contributed by atoms with Gasteiger partial charge in [0.1, 0.15) is 11.0 Å². The number of rotatable bonds is 8. The number of benzene rings is 1. The third kappa shape index (κ3) is 4.53. The highest BCUT2D eigenvalue weighted by atomic mass is 32.2. The first-order chi connectivity index (χ1) is 13.9. The molecule has 1 aromatic carbocycles. The number of fused-ring (bicyclic) bond motifs is 1. The third-order valence-corrected chi connectivity index (χ3v) is 5.39.